The largest absolute Gasteiger partial charge is 0.384 e. The van der Waals surface area contributed by atoms with Crippen LogP contribution >= 0.6 is 22.6 Å². The first-order valence-corrected chi connectivity index (χ1v) is 6.44. The van der Waals surface area contributed by atoms with Crippen molar-refractivity contribution in [1.82, 2.24) is 0 Å². The van der Waals surface area contributed by atoms with Gasteiger partial charge >= 0.3 is 0 Å². The lowest BCUT2D eigenvalue weighted by Gasteiger charge is -2.15. The first-order valence-electron chi connectivity index (χ1n) is 5.36. The second-order valence-electron chi connectivity index (χ2n) is 3.69. The van der Waals surface area contributed by atoms with Crippen molar-refractivity contribution in [1.29, 1.82) is 0 Å². The van der Waals surface area contributed by atoms with Crippen LogP contribution < -0.4 is 5.32 Å². The third kappa shape index (κ3) is 3.97. The summed E-state index contributed by atoms with van der Waals surface area (Å²) < 4.78 is 13.8. The molecule has 0 spiro atoms. The lowest BCUT2D eigenvalue weighted by atomic mass is 10.0. The maximum absolute atomic E-state index is 12.8. The Kier molecular flexibility index (Phi) is 5.36. The number of anilines is 1. The number of hydrogen-bond acceptors (Lipinski definition) is 1. The molecule has 0 saturated heterocycles. The standard InChI is InChI=1S/C12H17FIN/c1-3-9(4-2)8-15-12-6-5-10(13)7-11(12)14/h5-7,9,15H,3-4,8H2,1-2H3. The molecule has 0 saturated carbocycles. The van der Waals surface area contributed by atoms with Gasteiger partial charge in [0.15, 0.2) is 0 Å². The minimum Gasteiger partial charge on any atom is -0.384 e. The molecule has 0 heterocycles. The molecule has 0 amide bonds. The zero-order chi connectivity index (χ0) is 11.3. The minimum atomic E-state index is -0.174. The molecule has 1 N–H and O–H groups in total. The lowest BCUT2D eigenvalue weighted by Crippen LogP contribution is -2.13. The molecule has 0 unspecified atom stereocenters. The molecule has 0 aliphatic rings. The van der Waals surface area contributed by atoms with Crippen molar-refractivity contribution in [3.05, 3.63) is 27.6 Å². The van der Waals surface area contributed by atoms with E-state index in [0.717, 1.165) is 15.8 Å². The van der Waals surface area contributed by atoms with Gasteiger partial charge in [-0.25, -0.2) is 4.39 Å². The molecule has 1 aromatic carbocycles. The van der Waals surface area contributed by atoms with Crippen molar-refractivity contribution < 1.29 is 4.39 Å². The van der Waals surface area contributed by atoms with E-state index >= 15 is 0 Å². The van der Waals surface area contributed by atoms with Gasteiger partial charge in [-0.15, -0.1) is 0 Å². The second kappa shape index (κ2) is 6.30. The first-order chi connectivity index (χ1) is 7.17. The number of benzene rings is 1. The van der Waals surface area contributed by atoms with Gasteiger partial charge in [0.1, 0.15) is 5.82 Å². The number of halogens is 2. The van der Waals surface area contributed by atoms with Crippen molar-refractivity contribution in [2.45, 2.75) is 26.7 Å². The van der Waals surface area contributed by atoms with Gasteiger partial charge in [-0.3, -0.25) is 0 Å². The van der Waals surface area contributed by atoms with E-state index in [1.807, 2.05) is 0 Å². The summed E-state index contributed by atoms with van der Waals surface area (Å²) >= 11 is 2.15. The zero-order valence-corrected chi connectivity index (χ0v) is 11.3. The van der Waals surface area contributed by atoms with Crippen LogP contribution in [-0.4, -0.2) is 6.54 Å². The molecular weight excluding hydrogens is 304 g/mol. The predicted octanol–water partition coefficient (Wildman–Crippen LogP) is 4.28. The Balaban J connectivity index is 2.57. The van der Waals surface area contributed by atoms with Crippen LogP contribution in [-0.2, 0) is 0 Å². The van der Waals surface area contributed by atoms with Gasteiger partial charge in [0.25, 0.3) is 0 Å². The van der Waals surface area contributed by atoms with Crippen LogP contribution in [0.3, 0.4) is 0 Å². The summed E-state index contributed by atoms with van der Waals surface area (Å²) in [5, 5.41) is 3.37. The maximum atomic E-state index is 12.8. The van der Waals surface area contributed by atoms with Crippen LogP contribution in [0.4, 0.5) is 10.1 Å². The van der Waals surface area contributed by atoms with Gasteiger partial charge in [0.2, 0.25) is 0 Å². The summed E-state index contributed by atoms with van der Waals surface area (Å²) in [4.78, 5) is 0. The number of nitrogens with one attached hydrogen (secondary N) is 1. The van der Waals surface area contributed by atoms with Crippen molar-refractivity contribution in [2.24, 2.45) is 5.92 Å². The van der Waals surface area contributed by atoms with Crippen LogP contribution in [0.1, 0.15) is 26.7 Å². The minimum absolute atomic E-state index is 0.174. The molecule has 15 heavy (non-hydrogen) atoms. The van der Waals surface area contributed by atoms with Crippen molar-refractivity contribution in [3.8, 4) is 0 Å². The molecule has 0 fully saturated rings. The highest BCUT2D eigenvalue weighted by Gasteiger charge is 2.05. The quantitative estimate of drug-likeness (QED) is 0.798. The molecular formula is C12H17FIN. The average molecular weight is 321 g/mol. The average Bonchev–Trinajstić information content (AvgIpc) is 2.22. The summed E-state index contributed by atoms with van der Waals surface area (Å²) in [6, 6.07) is 4.85. The fourth-order valence-electron chi connectivity index (χ4n) is 1.46. The Morgan fingerprint density at radius 1 is 1.33 bits per heavy atom. The maximum Gasteiger partial charge on any atom is 0.124 e. The summed E-state index contributed by atoms with van der Waals surface area (Å²) in [5.74, 6) is 0.526. The molecule has 0 bridgehead atoms. The van der Waals surface area contributed by atoms with Crippen LogP contribution in [0.25, 0.3) is 0 Å². The van der Waals surface area contributed by atoms with Crippen LogP contribution in [0.2, 0.25) is 0 Å². The molecule has 0 aliphatic heterocycles. The van der Waals surface area contributed by atoms with Crippen LogP contribution in [0.15, 0.2) is 18.2 Å². The monoisotopic (exact) mass is 321 g/mol. The van der Waals surface area contributed by atoms with Crippen LogP contribution in [0.5, 0.6) is 0 Å². The summed E-state index contributed by atoms with van der Waals surface area (Å²) in [5.41, 5.74) is 1.03. The molecule has 0 aliphatic carbocycles. The van der Waals surface area contributed by atoms with Crippen molar-refractivity contribution in [2.75, 3.05) is 11.9 Å². The summed E-state index contributed by atoms with van der Waals surface area (Å²) in [7, 11) is 0. The van der Waals surface area contributed by atoms with Crippen molar-refractivity contribution >= 4 is 28.3 Å². The fourth-order valence-corrected chi connectivity index (χ4v) is 2.13. The Labute approximate surface area is 105 Å². The third-order valence-electron chi connectivity index (χ3n) is 2.67. The zero-order valence-electron chi connectivity index (χ0n) is 9.19. The lowest BCUT2D eigenvalue weighted by molar-refractivity contribution is 0.519. The van der Waals surface area contributed by atoms with Crippen molar-refractivity contribution in [3.63, 3.8) is 0 Å². The number of hydrogen-bond donors (Lipinski definition) is 1. The molecule has 3 heteroatoms. The van der Waals surface area contributed by atoms with Gasteiger partial charge < -0.3 is 5.32 Å². The van der Waals surface area contributed by atoms with E-state index in [1.165, 1.54) is 18.9 Å². The molecule has 0 radical (unpaired) electrons. The van der Waals surface area contributed by atoms with E-state index in [-0.39, 0.29) is 5.82 Å². The highest BCUT2D eigenvalue weighted by Crippen LogP contribution is 2.20. The molecule has 1 aromatic rings. The van der Waals surface area contributed by atoms with E-state index in [4.69, 9.17) is 0 Å². The Morgan fingerprint density at radius 2 is 2.00 bits per heavy atom. The molecule has 1 rings (SSSR count). The van der Waals surface area contributed by atoms with Gasteiger partial charge in [0.05, 0.1) is 0 Å². The Morgan fingerprint density at radius 3 is 2.53 bits per heavy atom. The van der Waals surface area contributed by atoms with E-state index in [9.17, 15) is 4.39 Å². The molecule has 1 nitrogen and oxygen atoms in total. The molecule has 0 atom stereocenters. The Bertz CT molecular complexity index is 310. The Hall–Kier alpha value is -0.320. The highest BCUT2D eigenvalue weighted by molar-refractivity contribution is 14.1. The van der Waals surface area contributed by atoms with E-state index in [1.54, 1.807) is 12.1 Å². The summed E-state index contributed by atoms with van der Waals surface area (Å²) in [6.07, 6.45) is 2.36. The number of rotatable bonds is 5. The fraction of sp³-hybridized carbons (Fsp3) is 0.500. The van der Waals surface area contributed by atoms with E-state index in [0.29, 0.717) is 5.92 Å². The van der Waals surface area contributed by atoms with Crippen LogP contribution in [0, 0.1) is 15.3 Å². The predicted molar refractivity (Wildman–Crippen MR) is 71.7 cm³/mol. The molecule has 0 aromatic heterocycles. The van der Waals surface area contributed by atoms with Gasteiger partial charge in [-0.2, -0.15) is 0 Å². The van der Waals surface area contributed by atoms with E-state index in [2.05, 4.69) is 41.8 Å². The first kappa shape index (κ1) is 12.7. The SMILES string of the molecule is CCC(CC)CNc1ccc(F)cc1I. The van der Waals surface area contributed by atoms with Gasteiger partial charge in [-0.1, -0.05) is 26.7 Å². The molecule has 84 valence electrons. The topological polar surface area (TPSA) is 12.0 Å². The van der Waals surface area contributed by atoms with Gasteiger partial charge in [0, 0.05) is 15.8 Å². The van der Waals surface area contributed by atoms with E-state index < -0.39 is 0 Å². The smallest absolute Gasteiger partial charge is 0.124 e. The second-order valence-corrected chi connectivity index (χ2v) is 4.85. The summed E-state index contributed by atoms with van der Waals surface area (Å²) in [6.45, 7) is 5.37. The van der Waals surface area contributed by atoms with Gasteiger partial charge in [-0.05, 0) is 46.7 Å². The highest BCUT2D eigenvalue weighted by atomic mass is 127. The third-order valence-corrected chi connectivity index (χ3v) is 3.56. The normalized spacial score (nSPS) is 10.7.